The van der Waals surface area contributed by atoms with Crippen LogP contribution in [0.3, 0.4) is 0 Å². The first kappa shape index (κ1) is 50.7. The topological polar surface area (TPSA) is 218 Å². The molecule has 0 bridgehead atoms. The number of carbonyl (C=O) groups is 3. The molecule has 2 aliphatic heterocycles. The second kappa shape index (κ2) is 21.2. The number of likely N-dealkylation sites (N-methyl/N-ethyl adjacent to an activating group) is 2. The normalized spacial score (nSPS) is 13.6. The van der Waals surface area contributed by atoms with Crippen LogP contribution in [0.25, 0.3) is 44.8 Å². The molecule has 8 rings (SSSR count). The lowest BCUT2D eigenvalue weighted by atomic mass is 9.91. The van der Waals surface area contributed by atoms with Gasteiger partial charge < -0.3 is 54.8 Å². The Labute approximate surface area is 408 Å². The van der Waals surface area contributed by atoms with Crippen molar-refractivity contribution >= 4 is 17.7 Å². The maximum Gasteiger partial charge on any atom is 0.290 e. The number of carbonyl (C=O) groups excluding carboxylic acids is 3. The van der Waals surface area contributed by atoms with Crippen LogP contribution in [0.1, 0.15) is 115 Å². The van der Waals surface area contributed by atoms with Crippen LogP contribution in [0.2, 0.25) is 0 Å². The van der Waals surface area contributed by atoms with Gasteiger partial charge in [-0.3, -0.25) is 14.4 Å². The number of phenols is 4. The molecular formula is C54H65N7O9. The quantitative estimate of drug-likeness (QED) is 0.0680. The molecule has 370 valence electrons. The summed E-state index contributed by atoms with van der Waals surface area (Å²) in [6.45, 7) is 17.1. The lowest BCUT2D eigenvalue weighted by Crippen LogP contribution is -2.40. The summed E-state index contributed by atoms with van der Waals surface area (Å²) in [7, 11) is 5.85. The van der Waals surface area contributed by atoms with Crippen LogP contribution in [-0.2, 0) is 30.7 Å². The van der Waals surface area contributed by atoms with E-state index in [0.29, 0.717) is 71.7 Å². The second-order valence-electron chi connectivity index (χ2n) is 19.4. The molecule has 16 nitrogen and oxygen atoms in total. The van der Waals surface area contributed by atoms with E-state index in [1.807, 2.05) is 96.6 Å². The highest BCUT2D eigenvalue weighted by Gasteiger charge is 2.31. The van der Waals surface area contributed by atoms with E-state index in [1.165, 1.54) is 23.3 Å². The molecule has 0 saturated carbocycles. The largest absolute Gasteiger partial charge is 0.508 e. The Hall–Kier alpha value is -7.17. The minimum Gasteiger partial charge on any atom is -0.508 e. The number of aromatic hydroxyl groups is 4. The Morgan fingerprint density at radius 2 is 1.26 bits per heavy atom. The van der Waals surface area contributed by atoms with Crippen LogP contribution >= 0.6 is 0 Å². The van der Waals surface area contributed by atoms with E-state index >= 15 is 0 Å². The minimum absolute atomic E-state index is 0.00419. The van der Waals surface area contributed by atoms with E-state index < -0.39 is 0 Å². The van der Waals surface area contributed by atoms with Crippen LogP contribution in [0.4, 0.5) is 0 Å². The van der Waals surface area contributed by atoms with Gasteiger partial charge in [0.1, 0.15) is 28.7 Å². The summed E-state index contributed by atoms with van der Waals surface area (Å²) in [6.07, 6.45) is 1.59. The predicted molar refractivity (Wildman–Crippen MR) is 268 cm³/mol. The highest BCUT2D eigenvalue weighted by Crippen LogP contribution is 2.45. The maximum atomic E-state index is 13.0. The monoisotopic (exact) mass is 955 g/mol. The number of aromatic nitrogens is 2. The molecule has 70 heavy (non-hydrogen) atoms. The van der Waals surface area contributed by atoms with E-state index in [-0.39, 0.29) is 75.8 Å². The summed E-state index contributed by atoms with van der Waals surface area (Å²) in [6, 6.07) is 17.9. The van der Waals surface area contributed by atoms with Crippen molar-refractivity contribution in [2.45, 2.75) is 92.3 Å². The highest BCUT2D eigenvalue weighted by atomic mass is 16.5. The molecule has 4 aromatic carbocycles. The zero-order valence-corrected chi connectivity index (χ0v) is 41.7. The van der Waals surface area contributed by atoms with Crippen molar-refractivity contribution in [2.24, 2.45) is 0 Å². The smallest absolute Gasteiger partial charge is 0.290 e. The first-order valence-electron chi connectivity index (χ1n) is 23.8. The van der Waals surface area contributed by atoms with Crippen molar-refractivity contribution in [3.8, 4) is 67.8 Å². The van der Waals surface area contributed by atoms with Gasteiger partial charge in [0.2, 0.25) is 11.7 Å². The average Bonchev–Trinajstić information content (AvgIpc) is 3.94. The van der Waals surface area contributed by atoms with E-state index in [0.717, 1.165) is 41.8 Å². The number of nitrogens with zero attached hydrogens (tertiary/aromatic N) is 5. The number of amides is 3. The molecule has 2 aliphatic rings. The summed E-state index contributed by atoms with van der Waals surface area (Å²) in [5.41, 5.74) is 9.72. The highest BCUT2D eigenvalue weighted by molar-refractivity contribution is 6.03. The lowest BCUT2D eigenvalue weighted by Gasteiger charge is -2.30. The molecule has 0 saturated heterocycles. The molecule has 4 heterocycles. The average molecular weight is 956 g/mol. The number of benzene rings is 4. The van der Waals surface area contributed by atoms with Gasteiger partial charge in [0, 0.05) is 56.5 Å². The molecule has 2 aromatic heterocycles. The van der Waals surface area contributed by atoms with Gasteiger partial charge in [-0.05, 0) is 123 Å². The summed E-state index contributed by atoms with van der Waals surface area (Å²) < 4.78 is 11.2. The Kier molecular flexibility index (Phi) is 15.4. The number of fused-ring (bicyclic) bond motifs is 2. The molecule has 3 amide bonds. The molecular weight excluding hydrogens is 891 g/mol. The first-order chi connectivity index (χ1) is 33.3. The fourth-order valence-corrected chi connectivity index (χ4v) is 8.99. The minimum atomic E-state index is -0.381. The van der Waals surface area contributed by atoms with Crippen molar-refractivity contribution in [3.05, 3.63) is 105 Å². The second-order valence-corrected chi connectivity index (χ2v) is 19.4. The van der Waals surface area contributed by atoms with E-state index in [9.17, 15) is 34.8 Å². The molecule has 0 spiro atoms. The molecule has 0 aliphatic carbocycles. The predicted octanol–water partition coefficient (Wildman–Crippen LogP) is 8.41. The molecule has 0 radical (unpaired) electrons. The summed E-state index contributed by atoms with van der Waals surface area (Å²) >= 11 is 0. The summed E-state index contributed by atoms with van der Waals surface area (Å²) in [5, 5.41) is 56.0. The van der Waals surface area contributed by atoms with Crippen LogP contribution < -0.4 is 10.6 Å². The molecule has 0 atom stereocenters. The van der Waals surface area contributed by atoms with Crippen molar-refractivity contribution in [1.29, 1.82) is 0 Å². The SMILES string of the molecule is CC(C)NC(=O)c1onc(-c2cc(C(C)C)c(O)cc2O)c1-c1ccc2c(c1)CCN(C)C2.CCNC(=O)c1noc(-c2cc(C(C)C)c(O)cc2O)c1-c1ccc2c(c1)CCN(C(=O)CN(C)C)C2. The maximum absolute atomic E-state index is 13.0. The molecule has 0 unspecified atom stereocenters. The molecule has 6 N–H and O–H groups in total. The van der Waals surface area contributed by atoms with E-state index in [2.05, 4.69) is 45.0 Å². The Bertz CT molecular complexity index is 2910. The van der Waals surface area contributed by atoms with Gasteiger partial charge in [0.15, 0.2) is 11.5 Å². The van der Waals surface area contributed by atoms with E-state index in [4.69, 9.17) is 9.05 Å². The van der Waals surface area contributed by atoms with Gasteiger partial charge in [-0.25, -0.2) is 0 Å². The van der Waals surface area contributed by atoms with Crippen molar-refractivity contribution < 1.29 is 43.9 Å². The van der Waals surface area contributed by atoms with E-state index in [1.54, 1.807) is 12.1 Å². The Morgan fingerprint density at radius 1 is 0.686 bits per heavy atom. The number of phenolic OH excluding ortho intramolecular Hbond substituents is 4. The standard InChI is InChI=1S/C28H34N4O5.C26H31N3O4/c1-6-29-28(36)26-25(27(37-30-26)21-12-20(16(2)3)22(33)13-23(21)34)18-7-8-19-14-32(10-9-17(19)11-18)24(35)15-31(4)5;1-14(2)19-11-20(22(31)12-21(19)30)24-23(25(33-28-24)26(32)27-15(3)4)17-6-7-18-13-29(5)9-8-16(18)10-17/h7-8,11-13,16,33-34H,6,9-10,14-15H2,1-5H3,(H,29,36);6-7,10-12,14-15,30-31H,8-9,13H2,1-5H3,(H,27,32). The zero-order valence-electron chi connectivity index (χ0n) is 41.7. The van der Waals surface area contributed by atoms with Gasteiger partial charge >= 0.3 is 0 Å². The van der Waals surface area contributed by atoms with Crippen molar-refractivity contribution in [2.75, 3.05) is 47.3 Å². The van der Waals surface area contributed by atoms with Gasteiger partial charge in [-0.1, -0.05) is 74.4 Å². The summed E-state index contributed by atoms with van der Waals surface area (Å²) in [4.78, 5) is 44.4. The Morgan fingerprint density at radius 3 is 1.84 bits per heavy atom. The molecule has 6 aromatic rings. The van der Waals surface area contributed by atoms with Crippen LogP contribution in [0.5, 0.6) is 23.0 Å². The van der Waals surface area contributed by atoms with Crippen LogP contribution in [-0.4, -0.2) is 117 Å². The fourth-order valence-electron chi connectivity index (χ4n) is 8.99. The third kappa shape index (κ3) is 10.8. The van der Waals surface area contributed by atoms with Gasteiger partial charge in [0.05, 0.1) is 23.2 Å². The van der Waals surface area contributed by atoms with Gasteiger partial charge in [-0.2, -0.15) is 0 Å². The third-order valence-electron chi connectivity index (χ3n) is 12.6. The lowest BCUT2D eigenvalue weighted by molar-refractivity contribution is -0.132. The Balaban J connectivity index is 0.000000208. The molecule has 0 fully saturated rings. The third-order valence-corrected chi connectivity index (χ3v) is 12.6. The number of nitrogens with one attached hydrogen (secondary N) is 2. The van der Waals surface area contributed by atoms with Gasteiger partial charge in [0.25, 0.3) is 11.8 Å². The fraction of sp³-hybridized carbons (Fsp3) is 0.389. The van der Waals surface area contributed by atoms with Crippen molar-refractivity contribution in [3.63, 3.8) is 0 Å². The van der Waals surface area contributed by atoms with Crippen molar-refractivity contribution in [1.82, 2.24) is 35.6 Å². The van der Waals surface area contributed by atoms with Gasteiger partial charge in [-0.15, -0.1) is 0 Å². The number of hydrogen-bond acceptors (Lipinski definition) is 13. The first-order valence-corrected chi connectivity index (χ1v) is 23.8. The molecule has 16 heteroatoms. The number of rotatable bonds is 12. The summed E-state index contributed by atoms with van der Waals surface area (Å²) in [5.74, 6) is -0.564. The zero-order chi connectivity index (χ0) is 50.7. The van der Waals surface area contributed by atoms with Crippen LogP contribution in [0.15, 0.2) is 69.7 Å². The van der Waals surface area contributed by atoms with Crippen LogP contribution in [0, 0.1) is 0 Å². The number of hydrogen-bond donors (Lipinski definition) is 6.